The van der Waals surface area contributed by atoms with E-state index in [-0.39, 0.29) is 5.78 Å². The Hall–Kier alpha value is -0.168. The number of phosphoric acid groups is 1. The number of hydrogen-bond donors (Lipinski definition) is 5. The maximum atomic E-state index is 9.44. The summed E-state index contributed by atoms with van der Waals surface area (Å²) in [5.74, 6) is 0.167. The first-order valence-corrected chi connectivity index (χ1v) is 6.43. The summed E-state index contributed by atoms with van der Waals surface area (Å²) in [6.07, 6.45) is 0. The molecule has 0 atom stereocenters. The Kier molecular flexibility index (Phi) is 11.3. The Bertz CT molecular complexity index is 265. The normalized spacial score (nSPS) is 10.2. The second-order valence-electron chi connectivity index (χ2n) is 1.87. The molecule has 0 aromatic rings. The first-order valence-electron chi connectivity index (χ1n) is 2.69. The first-order chi connectivity index (χ1) is 5.73. The van der Waals surface area contributed by atoms with E-state index in [4.69, 9.17) is 35.2 Å². The molecule has 0 aliphatic rings. The molecule has 11 heteroatoms. The summed E-state index contributed by atoms with van der Waals surface area (Å²) in [5.41, 5.74) is 0. The molecule has 0 aliphatic carbocycles. The van der Waals surface area contributed by atoms with Gasteiger partial charge in [0.05, 0.1) is 0 Å². The van der Waals surface area contributed by atoms with E-state index in [1.165, 1.54) is 13.8 Å². The monoisotopic (exact) mass is 274 g/mol. The summed E-state index contributed by atoms with van der Waals surface area (Å²) in [5, 5.41) is 0. The molecule has 0 heterocycles. The molecule has 9 nitrogen and oxygen atoms in total. The van der Waals surface area contributed by atoms with Crippen molar-refractivity contribution in [3.63, 3.8) is 0 Å². The summed E-state index contributed by atoms with van der Waals surface area (Å²) in [6.45, 7) is 3.06. The summed E-state index contributed by atoms with van der Waals surface area (Å²) in [7, 11) is -4.64. The van der Waals surface area contributed by atoms with Gasteiger partial charge in [-0.3, -0.25) is 0 Å². The number of carbonyl (C=O) groups is 1. The number of carbonyl (C=O) groups excluding carboxylic acids is 1. The minimum absolute atomic E-state index is 0.167. The van der Waals surface area contributed by atoms with Gasteiger partial charge in [0, 0.05) is 0 Å². The van der Waals surface area contributed by atoms with Crippen LogP contribution in [0.2, 0.25) is 0 Å². The van der Waals surface area contributed by atoms with Crippen LogP contribution in [0.25, 0.3) is 0 Å². The fraction of sp³-hybridized carbons (Fsp3) is 0.667. The van der Waals surface area contributed by atoms with Crippen LogP contribution < -0.4 is 0 Å². The predicted molar refractivity (Wildman–Crippen MR) is 36.4 cm³/mol. The summed E-state index contributed by atoms with van der Waals surface area (Å²) >= 11 is -5.25. The van der Waals surface area contributed by atoms with Gasteiger partial charge in [0.1, 0.15) is 5.78 Å². The molecule has 0 saturated carbocycles. The van der Waals surface area contributed by atoms with Crippen LogP contribution in [-0.2, 0) is 30.6 Å². The fourth-order valence-corrected chi connectivity index (χ4v) is 0. The Morgan fingerprint density at radius 1 is 1.07 bits per heavy atom. The molecule has 0 fully saturated rings. The molecular formula is C3H11CrO9P. The van der Waals surface area contributed by atoms with Crippen LogP contribution in [0.4, 0.5) is 0 Å². The van der Waals surface area contributed by atoms with Crippen molar-refractivity contribution in [3.8, 4) is 0 Å². The average Bonchev–Trinajstić information content (AvgIpc) is 1.45. The van der Waals surface area contributed by atoms with Crippen LogP contribution in [0, 0.1) is 0 Å². The van der Waals surface area contributed by atoms with Crippen molar-refractivity contribution in [1.29, 1.82) is 0 Å². The van der Waals surface area contributed by atoms with E-state index >= 15 is 0 Å². The van der Waals surface area contributed by atoms with Crippen molar-refractivity contribution < 1.29 is 53.6 Å². The second-order valence-corrected chi connectivity index (χ2v) is 4.29. The van der Waals surface area contributed by atoms with Crippen LogP contribution in [-0.4, -0.2) is 28.8 Å². The molecule has 0 aromatic heterocycles. The third kappa shape index (κ3) is 49500. The molecule has 0 bridgehead atoms. The van der Waals surface area contributed by atoms with Crippen LogP contribution in [0.3, 0.4) is 0 Å². The zero-order valence-corrected chi connectivity index (χ0v) is 9.39. The van der Waals surface area contributed by atoms with Gasteiger partial charge in [0.2, 0.25) is 0 Å². The topological polar surface area (TPSA) is 169 Å². The molecule has 0 amide bonds. The average molecular weight is 274 g/mol. The van der Waals surface area contributed by atoms with E-state index in [0.717, 1.165) is 0 Å². The van der Waals surface area contributed by atoms with Gasteiger partial charge in [-0.1, -0.05) is 0 Å². The zero-order chi connectivity index (χ0) is 12.6. The second kappa shape index (κ2) is 8.17. The number of hydrogen-bond acceptors (Lipinski definition) is 4. The van der Waals surface area contributed by atoms with E-state index in [9.17, 15) is 4.79 Å². The number of rotatable bonds is 0. The van der Waals surface area contributed by atoms with Gasteiger partial charge in [-0.25, -0.2) is 4.57 Å². The van der Waals surface area contributed by atoms with Crippen LogP contribution >= 0.6 is 7.82 Å². The van der Waals surface area contributed by atoms with Crippen LogP contribution in [0.5, 0.6) is 0 Å². The van der Waals surface area contributed by atoms with Crippen LogP contribution in [0.15, 0.2) is 0 Å². The summed E-state index contributed by atoms with van der Waals surface area (Å²) in [4.78, 5) is 31.0. The third-order valence-electron chi connectivity index (χ3n) is 0. The Morgan fingerprint density at radius 3 is 1.07 bits per heavy atom. The van der Waals surface area contributed by atoms with E-state index in [1.54, 1.807) is 0 Å². The van der Waals surface area contributed by atoms with Gasteiger partial charge < -0.3 is 19.5 Å². The van der Waals surface area contributed by atoms with Gasteiger partial charge >= 0.3 is 37.4 Å². The van der Waals surface area contributed by atoms with E-state index in [0.29, 0.717) is 0 Å². The Morgan fingerprint density at radius 2 is 1.07 bits per heavy atom. The van der Waals surface area contributed by atoms with Gasteiger partial charge in [-0.2, -0.15) is 0 Å². The first kappa shape index (κ1) is 19.4. The molecule has 0 spiro atoms. The van der Waals surface area contributed by atoms with E-state index in [1.807, 2.05) is 0 Å². The molecule has 5 N–H and O–H groups in total. The zero-order valence-electron chi connectivity index (χ0n) is 7.22. The fourth-order valence-electron chi connectivity index (χ4n) is 0. The molecule has 14 heavy (non-hydrogen) atoms. The Balaban J connectivity index is -0.000000131. The van der Waals surface area contributed by atoms with Crippen molar-refractivity contribution in [1.82, 2.24) is 0 Å². The van der Waals surface area contributed by atoms with Gasteiger partial charge in [0.15, 0.2) is 0 Å². The van der Waals surface area contributed by atoms with Crippen molar-refractivity contribution in [2.45, 2.75) is 13.8 Å². The summed E-state index contributed by atoms with van der Waals surface area (Å²) in [6, 6.07) is 0. The molecule has 0 unspecified atom stereocenters. The maximum absolute atomic E-state index is 9.44. The molecule has 0 aromatic carbocycles. The molecule has 0 saturated heterocycles. The van der Waals surface area contributed by atoms with Gasteiger partial charge in [-0.15, -0.1) is 0 Å². The van der Waals surface area contributed by atoms with Crippen molar-refractivity contribution >= 4 is 13.6 Å². The van der Waals surface area contributed by atoms with E-state index in [2.05, 4.69) is 0 Å². The number of ketones is 1. The molecule has 0 radical (unpaired) electrons. The van der Waals surface area contributed by atoms with Crippen LogP contribution in [0.1, 0.15) is 13.8 Å². The number of Topliss-reactive ketones (excluding diaryl/α,β-unsaturated/α-hetero) is 1. The van der Waals surface area contributed by atoms with Crippen molar-refractivity contribution in [2.75, 3.05) is 0 Å². The molecule has 88 valence electrons. The van der Waals surface area contributed by atoms with E-state index < -0.39 is 21.4 Å². The van der Waals surface area contributed by atoms with Gasteiger partial charge in [-0.05, 0) is 13.8 Å². The molecular weight excluding hydrogens is 263 g/mol. The predicted octanol–water partition coefficient (Wildman–Crippen LogP) is -1.69. The Labute approximate surface area is 81.6 Å². The van der Waals surface area contributed by atoms with Crippen molar-refractivity contribution in [3.05, 3.63) is 0 Å². The standard InChI is InChI=1S/C3H6O.Cr.H3O4P.2H2O.2O/c1-3(2)4;;1-5(2,3)4;;;;/h1-2H3;;(H3,1,2,3,4);2*1H2;;/q;+2;;;;;/p-2. The van der Waals surface area contributed by atoms with Gasteiger partial charge in [0.25, 0.3) is 0 Å². The summed E-state index contributed by atoms with van der Waals surface area (Å²) < 4.78 is 40.8. The van der Waals surface area contributed by atoms with Crippen molar-refractivity contribution in [2.24, 2.45) is 0 Å². The quantitative estimate of drug-likeness (QED) is 0.323. The third-order valence-corrected chi connectivity index (χ3v) is 0. The molecule has 0 aliphatic heterocycles. The molecule has 0 rings (SSSR count). The SMILES string of the molecule is CC(C)=O.O=P(O)(O)O.[O]=[Cr](=[O])([OH])[OH]. The minimum atomic E-state index is -5.25.